The Hall–Kier alpha value is -2.10. The molecule has 0 rings (SSSR count). The summed E-state index contributed by atoms with van der Waals surface area (Å²) in [6, 6.07) is 1.78. The van der Waals surface area contributed by atoms with Crippen molar-refractivity contribution in [3.05, 3.63) is 0 Å². The second kappa shape index (κ2) is 6.40. The summed E-state index contributed by atoms with van der Waals surface area (Å²) in [4.78, 5) is 33.9. The first-order chi connectivity index (χ1) is 7.42. The fraction of sp³-hybridized carbons (Fsp3) is 0.556. The van der Waals surface area contributed by atoms with Crippen molar-refractivity contribution >= 4 is 17.7 Å². The zero-order valence-corrected chi connectivity index (χ0v) is 8.97. The van der Waals surface area contributed by atoms with Gasteiger partial charge in [-0.1, -0.05) is 6.92 Å². The predicted octanol–water partition coefficient (Wildman–Crippen LogP) is -1.66. The standard InChI is InChI=1S/C9H14N4O3/c1-2-6(3-10)9(16)13(4-7(11)14)5-8(12)15/h6H,2,4-5H2,1H3,(H2,11,14)(H2,12,15). The molecule has 1 unspecified atom stereocenters. The molecule has 4 N–H and O–H groups in total. The summed E-state index contributed by atoms with van der Waals surface area (Å²) in [6.45, 7) is 0.818. The van der Waals surface area contributed by atoms with Crippen LogP contribution in [0.5, 0.6) is 0 Å². The number of amides is 3. The van der Waals surface area contributed by atoms with Gasteiger partial charge in [0.2, 0.25) is 17.7 Å². The Balaban J connectivity index is 4.74. The second-order valence-electron chi connectivity index (χ2n) is 3.22. The van der Waals surface area contributed by atoms with E-state index in [1.165, 1.54) is 0 Å². The molecule has 0 aliphatic carbocycles. The number of nitriles is 1. The van der Waals surface area contributed by atoms with Crippen molar-refractivity contribution in [1.29, 1.82) is 5.26 Å². The topological polar surface area (TPSA) is 130 Å². The number of carbonyl (C=O) groups is 3. The van der Waals surface area contributed by atoms with Crippen LogP contribution in [-0.4, -0.2) is 35.7 Å². The predicted molar refractivity (Wildman–Crippen MR) is 54.4 cm³/mol. The van der Waals surface area contributed by atoms with Gasteiger partial charge in [0.15, 0.2) is 0 Å². The largest absolute Gasteiger partial charge is 0.368 e. The van der Waals surface area contributed by atoms with Crippen LogP contribution in [0.2, 0.25) is 0 Å². The van der Waals surface area contributed by atoms with Gasteiger partial charge in [0.05, 0.1) is 19.2 Å². The highest BCUT2D eigenvalue weighted by Gasteiger charge is 2.24. The molecule has 0 bridgehead atoms. The van der Waals surface area contributed by atoms with E-state index in [4.69, 9.17) is 16.7 Å². The number of carbonyl (C=O) groups excluding carboxylic acids is 3. The number of nitrogens with two attached hydrogens (primary N) is 2. The Morgan fingerprint density at radius 3 is 1.94 bits per heavy atom. The molecule has 1 atom stereocenters. The Morgan fingerprint density at radius 2 is 1.69 bits per heavy atom. The molecule has 16 heavy (non-hydrogen) atoms. The minimum Gasteiger partial charge on any atom is -0.368 e. The SMILES string of the molecule is CCC(C#N)C(=O)N(CC(N)=O)CC(N)=O. The van der Waals surface area contributed by atoms with E-state index in [0.717, 1.165) is 4.90 Å². The number of primary amides is 2. The van der Waals surface area contributed by atoms with Gasteiger partial charge in [-0.15, -0.1) is 0 Å². The highest BCUT2D eigenvalue weighted by molar-refractivity contribution is 5.90. The van der Waals surface area contributed by atoms with Gasteiger partial charge in [-0.3, -0.25) is 14.4 Å². The third-order valence-electron chi connectivity index (χ3n) is 1.87. The van der Waals surface area contributed by atoms with Crippen molar-refractivity contribution in [3.63, 3.8) is 0 Å². The van der Waals surface area contributed by atoms with Gasteiger partial charge in [0, 0.05) is 0 Å². The molecule has 0 aromatic carbocycles. The summed E-state index contributed by atoms with van der Waals surface area (Å²) in [5, 5.41) is 8.68. The number of rotatable bonds is 6. The third-order valence-corrected chi connectivity index (χ3v) is 1.87. The third kappa shape index (κ3) is 4.41. The molecule has 0 saturated heterocycles. The van der Waals surface area contributed by atoms with Crippen LogP contribution in [0.3, 0.4) is 0 Å². The highest BCUT2D eigenvalue weighted by atomic mass is 16.2. The zero-order chi connectivity index (χ0) is 12.7. The van der Waals surface area contributed by atoms with Crippen LogP contribution >= 0.6 is 0 Å². The molecule has 0 heterocycles. The summed E-state index contributed by atoms with van der Waals surface area (Å²) in [5.74, 6) is -3.02. The van der Waals surface area contributed by atoms with Crippen molar-refractivity contribution in [2.24, 2.45) is 17.4 Å². The maximum absolute atomic E-state index is 11.7. The van der Waals surface area contributed by atoms with Crippen molar-refractivity contribution in [2.75, 3.05) is 13.1 Å². The summed E-state index contributed by atoms with van der Waals surface area (Å²) < 4.78 is 0. The van der Waals surface area contributed by atoms with Crippen LogP contribution in [0.4, 0.5) is 0 Å². The van der Waals surface area contributed by atoms with Crippen LogP contribution in [0.25, 0.3) is 0 Å². The molecule has 7 heteroatoms. The van der Waals surface area contributed by atoms with Crippen molar-refractivity contribution in [3.8, 4) is 6.07 Å². The summed E-state index contributed by atoms with van der Waals surface area (Å²) in [6.07, 6.45) is 0.295. The molecular formula is C9H14N4O3. The highest BCUT2D eigenvalue weighted by Crippen LogP contribution is 2.06. The van der Waals surface area contributed by atoms with E-state index in [1.807, 2.05) is 0 Å². The Bertz CT molecular complexity index is 318. The lowest BCUT2D eigenvalue weighted by Crippen LogP contribution is -2.45. The maximum atomic E-state index is 11.7. The van der Waals surface area contributed by atoms with E-state index >= 15 is 0 Å². The molecule has 0 aromatic heterocycles. The van der Waals surface area contributed by atoms with E-state index in [2.05, 4.69) is 0 Å². The second-order valence-corrected chi connectivity index (χ2v) is 3.22. The summed E-state index contributed by atoms with van der Waals surface area (Å²) in [5.41, 5.74) is 9.84. The van der Waals surface area contributed by atoms with Crippen LogP contribution in [0.15, 0.2) is 0 Å². The molecule has 88 valence electrons. The van der Waals surface area contributed by atoms with E-state index < -0.39 is 36.7 Å². The normalized spacial score (nSPS) is 11.2. The average molecular weight is 226 g/mol. The minimum absolute atomic E-state index is 0.295. The van der Waals surface area contributed by atoms with Gasteiger partial charge >= 0.3 is 0 Å². The van der Waals surface area contributed by atoms with Gasteiger partial charge in [-0.2, -0.15) is 5.26 Å². The summed E-state index contributed by atoms with van der Waals surface area (Å²) >= 11 is 0. The van der Waals surface area contributed by atoms with Gasteiger partial charge in [-0.25, -0.2) is 0 Å². The molecule has 0 radical (unpaired) electrons. The molecule has 0 aliphatic rings. The fourth-order valence-corrected chi connectivity index (χ4v) is 1.13. The van der Waals surface area contributed by atoms with Crippen molar-refractivity contribution in [1.82, 2.24) is 4.90 Å². The Labute approximate surface area is 93.0 Å². The molecule has 0 spiro atoms. The lowest BCUT2D eigenvalue weighted by Gasteiger charge is -2.21. The maximum Gasteiger partial charge on any atom is 0.240 e. The monoisotopic (exact) mass is 226 g/mol. The first-order valence-corrected chi connectivity index (χ1v) is 4.67. The van der Waals surface area contributed by atoms with E-state index in [-0.39, 0.29) is 0 Å². The number of hydrogen-bond donors (Lipinski definition) is 2. The van der Waals surface area contributed by atoms with Gasteiger partial charge in [0.25, 0.3) is 0 Å². The smallest absolute Gasteiger partial charge is 0.240 e. The van der Waals surface area contributed by atoms with Crippen LogP contribution < -0.4 is 11.5 Å². The molecule has 0 saturated carbocycles. The minimum atomic E-state index is -0.890. The van der Waals surface area contributed by atoms with Crippen LogP contribution in [-0.2, 0) is 14.4 Å². The van der Waals surface area contributed by atoms with Gasteiger partial charge in [-0.05, 0) is 6.42 Å². The van der Waals surface area contributed by atoms with Crippen molar-refractivity contribution < 1.29 is 14.4 Å². The zero-order valence-electron chi connectivity index (χ0n) is 8.97. The van der Waals surface area contributed by atoms with Crippen molar-refractivity contribution in [2.45, 2.75) is 13.3 Å². The lowest BCUT2D eigenvalue weighted by molar-refractivity contribution is -0.140. The van der Waals surface area contributed by atoms with Gasteiger partial charge in [0.1, 0.15) is 5.92 Å². The quantitative estimate of drug-likeness (QED) is 0.560. The molecule has 0 aliphatic heterocycles. The van der Waals surface area contributed by atoms with E-state index in [9.17, 15) is 14.4 Å². The molecule has 7 nitrogen and oxygen atoms in total. The summed E-state index contributed by atoms with van der Waals surface area (Å²) in [7, 11) is 0. The molecular weight excluding hydrogens is 212 g/mol. The lowest BCUT2D eigenvalue weighted by atomic mass is 10.1. The molecule has 3 amide bonds. The van der Waals surface area contributed by atoms with Gasteiger partial charge < -0.3 is 16.4 Å². The van der Waals surface area contributed by atoms with Crippen LogP contribution in [0, 0.1) is 17.2 Å². The number of hydrogen-bond acceptors (Lipinski definition) is 4. The average Bonchev–Trinajstić information content (AvgIpc) is 2.17. The molecule has 0 aromatic rings. The van der Waals surface area contributed by atoms with Crippen LogP contribution in [0.1, 0.15) is 13.3 Å². The fourth-order valence-electron chi connectivity index (χ4n) is 1.13. The Kier molecular flexibility index (Phi) is 5.56. The first-order valence-electron chi connectivity index (χ1n) is 4.67. The molecule has 0 fully saturated rings. The Morgan fingerprint density at radius 1 is 1.25 bits per heavy atom. The number of nitrogens with zero attached hydrogens (tertiary/aromatic N) is 2. The first kappa shape index (κ1) is 13.9. The van der Waals surface area contributed by atoms with E-state index in [0.29, 0.717) is 6.42 Å². The van der Waals surface area contributed by atoms with E-state index in [1.54, 1.807) is 13.0 Å².